The molecule has 2 N–H and O–H groups in total. The minimum atomic E-state index is -1.56. The molecule has 0 fully saturated rings. The molecule has 2 heterocycles. The smallest absolute Gasteiger partial charge is 0.251 e. The first-order chi connectivity index (χ1) is 11.5. The SMILES string of the molecule is O=C(NC[C@](O)(c1ccsc1)c1ccco1)c1ccc(F)c(F)c1. The fourth-order valence-corrected chi connectivity index (χ4v) is 3.02. The number of rotatable bonds is 5. The molecule has 0 aliphatic heterocycles. The molecule has 0 saturated heterocycles. The van der Waals surface area contributed by atoms with E-state index in [2.05, 4.69) is 5.32 Å². The highest BCUT2D eigenvalue weighted by molar-refractivity contribution is 7.08. The monoisotopic (exact) mass is 349 g/mol. The van der Waals surface area contributed by atoms with Crippen LogP contribution in [0.4, 0.5) is 8.78 Å². The second-order valence-electron chi connectivity index (χ2n) is 5.16. The van der Waals surface area contributed by atoms with Crippen LogP contribution in [0.3, 0.4) is 0 Å². The van der Waals surface area contributed by atoms with Crippen LogP contribution in [0.2, 0.25) is 0 Å². The zero-order valence-electron chi connectivity index (χ0n) is 12.3. The van der Waals surface area contributed by atoms with Gasteiger partial charge in [-0.25, -0.2) is 8.78 Å². The number of nitrogens with one attached hydrogen (secondary N) is 1. The Morgan fingerprint density at radius 1 is 1.25 bits per heavy atom. The minimum Gasteiger partial charge on any atom is -0.466 e. The molecule has 1 aromatic carbocycles. The summed E-state index contributed by atoms with van der Waals surface area (Å²) < 4.78 is 31.5. The third-order valence-corrected chi connectivity index (χ3v) is 4.30. The number of amides is 1. The predicted molar refractivity (Wildman–Crippen MR) is 84.7 cm³/mol. The normalized spacial score (nSPS) is 13.5. The Balaban J connectivity index is 1.82. The molecule has 0 spiro atoms. The van der Waals surface area contributed by atoms with E-state index in [1.807, 2.05) is 0 Å². The van der Waals surface area contributed by atoms with E-state index in [0.717, 1.165) is 12.1 Å². The van der Waals surface area contributed by atoms with E-state index in [0.29, 0.717) is 5.56 Å². The van der Waals surface area contributed by atoms with Crippen molar-refractivity contribution in [3.05, 3.63) is 81.9 Å². The number of furan rings is 1. The van der Waals surface area contributed by atoms with Gasteiger partial charge in [-0.3, -0.25) is 4.79 Å². The Labute approximate surface area is 140 Å². The fraction of sp³-hybridized carbons (Fsp3) is 0.118. The van der Waals surface area contributed by atoms with Crippen LogP contribution >= 0.6 is 11.3 Å². The van der Waals surface area contributed by atoms with Gasteiger partial charge in [0.1, 0.15) is 5.76 Å². The van der Waals surface area contributed by atoms with E-state index in [9.17, 15) is 18.7 Å². The van der Waals surface area contributed by atoms with Gasteiger partial charge in [-0.15, -0.1) is 0 Å². The van der Waals surface area contributed by atoms with Crippen molar-refractivity contribution < 1.29 is 23.1 Å². The summed E-state index contributed by atoms with van der Waals surface area (Å²) in [6.45, 7) is -0.185. The van der Waals surface area contributed by atoms with Gasteiger partial charge in [0.2, 0.25) is 0 Å². The molecule has 2 aromatic heterocycles. The summed E-state index contributed by atoms with van der Waals surface area (Å²) in [5.41, 5.74) is -1.04. The summed E-state index contributed by atoms with van der Waals surface area (Å²) in [5.74, 6) is -2.50. The zero-order valence-corrected chi connectivity index (χ0v) is 13.1. The Morgan fingerprint density at radius 3 is 2.71 bits per heavy atom. The first-order valence-corrected chi connectivity index (χ1v) is 7.97. The van der Waals surface area contributed by atoms with Crippen molar-refractivity contribution in [3.63, 3.8) is 0 Å². The maximum Gasteiger partial charge on any atom is 0.251 e. The van der Waals surface area contributed by atoms with Crippen molar-refractivity contribution in [3.8, 4) is 0 Å². The summed E-state index contributed by atoms with van der Waals surface area (Å²) in [6.07, 6.45) is 1.42. The topological polar surface area (TPSA) is 62.5 Å². The molecule has 0 radical (unpaired) electrons. The highest BCUT2D eigenvalue weighted by Crippen LogP contribution is 2.31. The number of halogens is 2. The van der Waals surface area contributed by atoms with Crippen LogP contribution in [0.15, 0.2) is 57.8 Å². The second kappa shape index (κ2) is 6.54. The van der Waals surface area contributed by atoms with Gasteiger partial charge in [0.15, 0.2) is 17.2 Å². The fourth-order valence-electron chi connectivity index (χ4n) is 2.29. The number of benzene rings is 1. The lowest BCUT2D eigenvalue weighted by atomic mass is 9.93. The van der Waals surface area contributed by atoms with Gasteiger partial charge in [0.25, 0.3) is 5.91 Å². The molecular formula is C17H13F2NO3S. The Kier molecular flexibility index (Phi) is 4.46. The van der Waals surface area contributed by atoms with Crippen LogP contribution in [-0.2, 0) is 5.60 Å². The van der Waals surface area contributed by atoms with Crippen molar-refractivity contribution in [2.75, 3.05) is 6.54 Å². The average molecular weight is 349 g/mol. The van der Waals surface area contributed by atoms with Gasteiger partial charge >= 0.3 is 0 Å². The molecule has 7 heteroatoms. The third-order valence-electron chi connectivity index (χ3n) is 3.61. The van der Waals surface area contributed by atoms with Gasteiger partial charge in [0.05, 0.1) is 12.8 Å². The molecule has 3 rings (SSSR count). The molecule has 24 heavy (non-hydrogen) atoms. The quantitative estimate of drug-likeness (QED) is 0.743. The number of thiophene rings is 1. The van der Waals surface area contributed by atoms with E-state index in [1.54, 1.807) is 29.0 Å². The van der Waals surface area contributed by atoms with E-state index in [4.69, 9.17) is 4.42 Å². The van der Waals surface area contributed by atoms with Gasteiger partial charge in [-0.1, -0.05) is 0 Å². The van der Waals surface area contributed by atoms with Crippen LogP contribution in [-0.4, -0.2) is 17.6 Å². The van der Waals surface area contributed by atoms with Gasteiger partial charge in [-0.05, 0) is 47.2 Å². The van der Waals surface area contributed by atoms with E-state index >= 15 is 0 Å². The molecule has 3 aromatic rings. The van der Waals surface area contributed by atoms with Crippen LogP contribution in [0.1, 0.15) is 21.7 Å². The molecule has 0 aliphatic carbocycles. The summed E-state index contributed by atoms with van der Waals surface area (Å²) >= 11 is 1.39. The van der Waals surface area contributed by atoms with Crippen molar-refractivity contribution in [2.24, 2.45) is 0 Å². The standard InChI is InChI=1S/C17H13F2NO3S/c18-13-4-3-11(8-14(13)19)16(21)20-10-17(22,12-5-7-24-9-12)15-2-1-6-23-15/h1-9,22H,10H2,(H,20,21)/t17-/m0/s1. The first kappa shape index (κ1) is 16.4. The number of carbonyl (C=O) groups excluding carboxylic acids is 1. The summed E-state index contributed by atoms with van der Waals surface area (Å²) in [6, 6.07) is 7.80. The Bertz CT molecular complexity index is 797. The third kappa shape index (κ3) is 3.08. The lowest BCUT2D eigenvalue weighted by Gasteiger charge is -2.25. The summed E-state index contributed by atoms with van der Waals surface area (Å²) in [7, 11) is 0. The lowest BCUT2D eigenvalue weighted by Crippen LogP contribution is -2.41. The van der Waals surface area contributed by atoms with Crippen molar-refractivity contribution in [2.45, 2.75) is 5.60 Å². The van der Waals surface area contributed by atoms with Gasteiger partial charge < -0.3 is 14.8 Å². The first-order valence-electron chi connectivity index (χ1n) is 7.03. The Hall–Kier alpha value is -2.51. The van der Waals surface area contributed by atoms with Crippen LogP contribution in [0.5, 0.6) is 0 Å². The second-order valence-corrected chi connectivity index (χ2v) is 5.94. The number of carbonyl (C=O) groups is 1. The molecule has 1 amide bonds. The molecule has 124 valence electrons. The van der Waals surface area contributed by atoms with Crippen LogP contribution < -0.4 is 5.32 Å². The molecule has 0 bridgehead atoms. The van der Waals surface area contributed by atoms with Crippen molar-refractivity contribution >= 4 is 17.2 Å². The van der Waals surface area contributed by atoms with Gasteiger partial charge in [0, 0.05) is 11.1 Å². The molecule has 0 unspecified atom stereocenters. The van der Waals surface area contributed by atoms with E-state index in [1.165, 1.54) is 23.7 Å². The van der Waals surface area contributed by atoms with E-state index < -0.39 is 23.1 Å². The average Bonchev–Trinajstić information content (AvgIpc) is 3.28. The lowest BCUT2D eigenvalue weighted by molar-refractivity contribution is 0.0528. The Morgan fingerprint density at radius 2 is 2.08 bits per heavy atom. The maximum atomic E-state index is 13.2. The molecular weight excluding hydrogens is 336 g/mol. The number of aliphatic hydroxyl groups is 1. The van der Waals surface area contributed by atoms with Crippen LogP contribution in [0.25, 0.3) is 0 Å². The molecule has 0 aliphatic rings. The summed E-state index contributed by atoms with van der Waals surface area (Å²) in [5, 5.41) is 17.1. The molecule has 4 nitrogen and oxygen atoms in total. The van der Waals surface area contributed by atoms with Crippen molar-refractivity contribution in [1.82, 2.24) is 5.32 Å². The largest absolute Gasteiger partial charge is 0.466 e. The predicted octanol–water partition coefficient (Wildman–Crippen LogP) is 3.29. The molecule has 1 atom stereocenters. The number of hydrogen-bond acceptors (Lipinski definition) is 4. The minimum absolute atomic E-state index is 0.0407. The maximum absolute atomic E-state index is 13.2. The van der Waals surface area contributed by atoms with Gasteiger partial charge in [-0.2, -0.15) is 11.3 Å². The summed E-state index contributed by atoms with van der Waals surface area (Å²) in [4.78, 5) is 12.2. The van der Waals surface area contributed by atoms with E-state index in [-0.39, 0.29) is 17.9 Å². The highest BCUT2D eigenvalue weighted by Gasteiger charge is 2.35. The van der Waals surface area contributed by atoms with Crippen LogP contribution in [0, 0.1) is 11.6 Å². The zero-order chi connectivity index (χ0) is 17.2. The van der Waals surface area contributed by atoms with Crippen molar-refractivity contribution in [1.29, 1.82) is 0 Å². The highest BCUT2D eigenvalue weighted by atomic mass is 32.1. The number of hydrogen-bond donors (Lipinski definition) is 2. The molecule has 0 saturated carbocycles.